The number of rotatable bonds is 6. The van der Waals surface area contributed by atoms with Gasteiger partial charge in [-0.25, -0.2) is 9.97 Å². The van der Waals surface area contributed by atoms with Crippen LogP contribution in [-0.4, -0.2) is 44.4 Å². The van der Waals surface area contributed by atoms with Crippen molar-refractivity contribution in [2.24, 2.45) is 0 Å². The van der Waals surface area contributed by atoms with Crippen LogP contribution in [0.15, 0.2) is 55.2 Å². The molecule has 4 heterocycles. The van der Waals surface area contributed by atoms with E-state index in [0.717, 1.165) is 42.9 Å². The van der Waals surface area contributed by atoms with Gasteiger partial charge in [0.25, 0.3) is 5.91 Å². The largest absolute Gasteiger partial charge is 0.495 e. The number of aromatic nitrogens is 4. The Morgan fingerprint density at radius 2 is 2.17 bits per heavy atom. The number of nitrogens with one attached hydrogen (secondary N) is 1. The van der Waals surface area contributed by atoms with Crippen LogP contribution in [0, 0.1) is 0 Å². The molecule has 1 aliphatic rings. The van der Waals surface area contributed by atoms with E-state index in [9.17, 15) is 4.79 Å². The molecule has 1 atom stereocenters. The van der Waals surface area contributed by atoms with Crippen LogP contribution in [0.1, 0.15) is 40.6 Å². The topological polar surface area (TPSA) is 93.1 Å². The van der Waals surface area contributed by atoms with Crippen molar-refractivity contribution in [3.63, 3.8) is 0 Å². The summed E-state index contributed by atoms with van der Waals surface area (Å²) in [5.74, 6) is 0.852. The van der Waals surface area contributed by atoms with Gasteiger partial charge in [-0.1, -0.05) is 6.07 Å². The van der Waals surface area contributed by atoms with Gasteiger partial charge in [0.15, 0.2) is 5.82 Å². The average Bonchev–Trinajstić information content (AvgIpc) is 3.23. The highest BCUT2D eigenvalue weighted by Crippen LogP contribution is 2.32. The van der Waals surface area contributed by atoms with E-state index in [1.54, 1.807) is 25.6 Å². The van der Waals surface area contributed by atoms with Gasteiger partial charge in [-0.15, -0.1) is 0 Å². The smallest absolute Gasteiger partial charge is 0.275 e. The van der Waals surface area contributed by atoms with Crippen molar-refractivity contribution in [3.8, 4) is 5.75 Å². The maximum Gasteiger partial charge on any atom is 0.275 e. The summed E-state index contributed by atoms with van der Waals surface area (Å²) in [5.41, 5.74) is 2.35. The molecule has 1 N–H and O–H groups in total. The van der Waals surface area contributed by atoms with E-state index in [1.807, 2.05) is 24.4 Å². The third-order valence-corrected chi connectivity index (χ3v) is 4.90. The van der Waals surface area contributed by atoms with Crippen molar-refractivity contribution in [2.75, 3.05) is 19.0 Å². The molecule has 148 valence electrons. The monoisotopic (exact) mass is 390 g/mol. The first-order valence-corrected chi connectivity index (χ1v) is 9.49. The summed E-state index contributed by atoms with van der Waals surface area (Å²) in [6.45, 7) is 1.73. The highest BCUT2D eigenvalue weighted by Gasteiger charge is 2.27. The first kappa shape index (κ1) is 18.9. The highest BCUT2D eigenvalue weighted by molar-refractivity contribution is 6.02. The minimum Gasteiger partial charge on any atom is -0.495 e. The molecule has 8 nitrogen and oxygen atoms in total. The Morgan fingerprint density at radius 3 is 3.00 bits per heavy atom. The van der Waals surface area contributed by atoms with Crippen molar-refractivity contribution >= 4 is 11.7 Å². The Balaban J connectivity index is 1.49. The molecular formula is C21H22N6O2. The number of hydrogen-bond donors (Lipinski definition) is 1. The molecule has 8 heteroatoms. The SMILES string of the molecule is COc1cncc(CN2CCCC2c2cccc(C(=O)Nc3cnccn3)n2)c1. The van der Waals surface area contributed by atoms with E-state index in [-0.39, 0.29) is 11.9 Å². The number of ether oxygens (including phenoxy) is 1. The first-order valence-electron chi connectivity index (χ1n) is 9.49. The lowest BCUT2D eigenvalue weighted by Crippen LogP contribution is -2.24. The zero-order valence-corrected chi connectivity index (χ0v) is 16.2. The molecule has 0 bridgehead atoms. The molecule has 1 saturated heterocycles. The van der Waals surface area contributed by atoms with Gasteiger partial charge in [0.2, 0.25) is 0 Å². The number of carbonyl (C=O) groups excluding carboxylic acids is 1. The van der Waals surface area contributed by atoms with Crippen molar-refractivity contribution in [1.29, 1.82) is 0 Å². The lowest BCUT2D eigenvalue weighted by molar-refractivity contribution is 0.102. The molecule has 1 amide bonds. The maximum absolute atomic E-state index is 12.5. The van der Waals surface area contributed by atoms with Crippen LogP contribution < -0.4 is 10.1 Å². The van der Waals surface area contributed by atoms with Crippen LogP contribution >= 0.6 is 0 Å². The normalized spacial score (nSPS) is 16.5. The van der Waals surface area contributed by atoms with Gasteiger partial charge < -0.3 is 10.1 Å². The molecular weight excluding hydrogens is 368 g/mol. The summed E-state index contributed by atoms with van der Waals surface area (Å²) in [5, 5.41) is 2.73. The third-order valence-electron chi connectivity index (χ3n) is 4.90. The molecule has 0 aromatic carbocycles. The van der Waals surface area contributed by atoms with E-state index in [1.165, 1.54) is 12.4 Å². The third kappa shape index (κ3) is 4.55. The van der Waals surface area contributed by atoms with Gasteiger partial charge >= 0.3 is 0 Å². The van der Waals surface area contributed by atoms with E-state index in [0.29, 0.717) is 11.5 Å². The van der Waals surface area contributed by atoms with Gasteiger partial charge in [0.1, 0.15) is 11.4 Å². The van der Waals surface area contributed by atoms with Crippen molar-refractivity contribution in [2.45, 2.75) is 25.4 Å². The van der Waals surface area contributed by atoms with Crippen molar-refractivity contribution in [1.82, 2.24) is 24.8 Å². The lowest BCUT2D eigenvalue weighted by atomic mass is 10.1. The van der Waals surface area contributed by atoms with Crippen LogP contribution in [0.3, 0.4) is 0 Å². The Morgan fingerprint density at radius 1 is 1.24 bits per heavy atom. The molecule has 0 saturated carbocycles. The van der Waals surface area contributed by atoms with E-state index < -0.39 is 0 Å². The molecule has 4 rings (SSSR count). The summed E-state index contributed by atoms with van der Waals surface area (Å²) in [7, 11) is 1.64. The second-order valence-electron chi connectivity index (χ2n) is 6.85. The van der Waals surface area contributed by atoms with Gasteiger partial charge in [0, 0.05) is 25.1 Å². The zero-order valence-electron chi connectivity index (χ0n) is 16.2. The van der Waals surface area contributed by atoms with Gasteiger partial charge in [-0.3, -0.25) is 19.7 Å². The molecule has 3 aromatic rings. The predicted octanol–water partition coefficient (Wildman–Crippen LogP) is 2.86. The average molecular weight is 390 g/mol. The Bertz CT molecular complexity index is 982. The molecule has 29 heavy (non-hydrogen) atoms. The van der Waals surface area contributed by atoms with E-state index >= 15 is 0 Å². The number of nitrogens with zero attached hydrogens (tertiary/aromatic N) is 5. The van der Waals surface area contributed by atoms with Crippen molar-refractivity contribution < 1.29 is 9.53 Å². The maximum atomic E-state index is 12.5. The number of hydrogen-bond acceptors (Lipinski definition) is 7. The molecule has 0 spiro atoms. The standard InChI is InChI=1S/C21H22N6O2/c1-29-16-10-15(11-23-12-16)14-27-9-3-6-19(27)17-4-2-5-18(25-17)21(28)26-20-13-22-7-8-24-20/h2,4-5,7-8,10-13,19H,3,6,9,14H2,1H3,(H,24,26,28). The van der Waals surface area contributed by atoms with Gasteiger partial charge in [-0.2, -0.15) is 0 Å². The van der Waals surface area contributed by atoms with Gasteiger partial charge in [0.05, 0.1) is 31.2 Å². The molecule has 1 fully saturated rings. The summed E-state index contributed by atoms with van der Waals surface area (Å²) in [6.07, 6.45) is 10.2. The van der Waals surface area contributed by atoms with Crippen LogP contribution in [-0.2, 0) is 6.54 Å². The second kappa shape index (κ2) is 8.74. The van der Waals surface area contributed by atoms with Crippen LogP contribution in [0.4, 0.5) is 5.82 Å². The number of carbonyl (C=O) groups is 1. The minimum atomic E-state index is -0.297. The molecule has 1 aliphatic heterocycles. The van der Waals surface area contributed by atoms with Gasteiger partial charge in [-0.05, 0) is 43.1 Å². The number of amides is 1. The van der Waals surface area contributed by atoms with Crippen LogP contribution in [0.25, 0.3) is 0 Å². The Hall–Kier alpha value is -3.39. The number of methoxy groups -OCH3 is 1. The fourth-order valence-electron chi connectivity index (χ4n) is 3.55. The Kier molecular flexibility index (Phi) is 5.71. The fourth-order valence-corrected chi connectivity index (χ4v) is 3.55. The van der Waals surface area contributed by atoms with Crippen LogP contribution in [0.5, 0.6) is 5.75 Å². The fraction of sp³-hybridized carbons (Fsp3) is 0.286. The van der Waals surface area contributed by atoms with E-state index in [4.69, 9.17) is 4.74 Å². The summed E-state index contributed by atoms with van der Waals surface area (Å²) in [6, 6.07) is 7.72. The van der Waals surface area contributed by atoms with E-state index in [2.05, 4.69) is 30.2 Å². The summed E-state index contributed by atoms with van der Waals surface area (Å²) >= 11 is 0. The minimum absolute atomic E-state index is 0.158. The lowest BCUT2D eigenvalue weighted by Gasteiger charge is -2.24. The van der Waals surface area contributed by atoms with Crippen molar-refractivity contribution in [3.05, 3.63) is 72.2 Å². The molecule has 0 radical (unpaired) electrons. The summed E-state index contributed by atoms with van der Waals surface area (Å²) < 4.78 is 5.27. The summed E-state index contributed by atoms with van der Waals surface area (Å²) in [4.78, 5) is 31.8. The van der Waals surface area contributed by atoms with Crippen LogP contribution in [0.2, 0.25) is 0 Å². The quantitative estimate of drug-likeness (QED) is 0.692. The Labute approximate surface area is 169 Å². The zero-order chi connectivity index (χ0) is 20.1. The molecule has 1 unspecified atom stereocenters. The number of likely N-dealkylation sites (tertiary alicyclic amines) is 1. The molecule has 3 aromatic heterocycles. The predicted molar refractivity (Wildman–Crippen MR) is 107 cm³/mol. The highest BCUT2D eigenvalue weighted by atomic mass is 16.5. The number of pyridine rings is 2. The molecule has 0 aliphatic carbocycles. The number of anilines is 1. The first-order chi connectivity index (χ1) is 14.2. The second-order valence-corrected chi connectivity index (χ2v) is 6.85.